The normalized spacial score (nSPS) is 18.1. The third-order valence-corrected chi connectivity index (χ3v) is 2.91. The van der Waals surface area contributed by atoms with Gasteiger partial charge in [0.15, 0.2) is 0 Å². The summed E-state index contributed by atoms with van der Waals surface area (Å²) in [6.45, 7) is -0.0362. The number of carbonyl (C=O) groups is 2. The molecule has 0 aromatic carbocycles. The Labute approximate surface area is 90.6 Å². The molecule has 0 saturated heterocycles. The summed E-state index contributed by atoms with van der Waals surface area (Å²) in [5, 5.41) is 2.54. The van der Waals surface area contributed by atoms with E-state index in [1.54, 1.807) is 0 Å². The van der Waals surface area contributed by atoms with Crippen LogP contribution in [0.4, 0.5) is 0 Å². The van der Waals surface area contributed by atoms with Crippen molar-refractivity contribution >= 4 is 11.8 Å². The maximum absolute atomic E-state index is 11.4. The van der Waals surface area contributed by atoms with Gasteiger partial charge in [0.1, 0.15) is 0 Å². The Morgan fingerprint density at radius 1 is 1.13 bits per heavy atom. The monoisotopic (exact) mass is 212 g/mol. The van der Waals surface area contributed by atoms with E-state index in [1.807, 2.05) is 0 Å². The first-order valence-corrected chi connectivity index (χ1v) is 5.73. The van der Waals surface area contributed by atoms with Gasteiger partial charge < -0.3 is 11.1 Å². The molecule has 2 amide bonds. The highest BCUT2D eigenvalue weighted by molar-refractivity contribution is 5.83. The van der Waals surface area contributed by atoms with E-state index in [9.17, 15) is 9.59 Å². The van der Waals surface area contributed by atoms with Crippen molar-refractivity contribution in [3.05, 3.63) is 0 Å². The summed E-state index contributed by atoms with van der Waals surface area (Å²) in [5.41, 5.74) is 4.95. The summed E-state index contributed by atoms with van der Waals surface area (Å²) in [4.78, 5) is 21.9. The van der Waals surface area contributed by atoms with Gasteiger partial charge in [0.25, 0.3) is 0 Å². The molecule has 0 aromatic heterocycles. The number of hydrogen-bond acceptors (Lipinski definition) is 2. The lowest BCUT2D eigenvalue weighted by Crippen LogP contribution is -2.34. The molecule has 0 spiro atoms. The second-order valence-electron chi connectivity index (χ2n) is 4.30. The standard InChI is InChI=1S/C11H20N2O2/c12-10(14)8-13-11(15)7-9-5-3-1-2-4-6-9/h9H,1-8H2,(H2,12,14)(H,13,15). The quantitative estimate of drug-likeness (QED) is 0.681. The summed E-state index contributed by atoms with van der Waals surface area (Å²) in [5.74, 6) is -0.0229. The van der Waals surface area contributed by atoms with Crippen LogP contribution in [0, 0.1) is 5.92 Å². The minimum Gasteiger partial charge on any atom is -0.368 e. The SMILES string of the molecule is NC(=O)CNC(=O)CC1CCCCCC1. The molecule has 0 bridgehead atoms. The van der Waals surface area contributed by atoms with Crippen LogP contribution in [-0.2, 0) is 9.59 Å². The van der Waals surface area contributed by atoms with Crippen LogP contribution in [0.15, 0.2) is 0 Å². The molecule has 0 aliphatic heterocycles. The first-order chi connectivity index (χ1) is 7.18. The van der Waals surface area contributed by atoms with E-state index in [0.29, 0.717) is 12.3 Å². The van der Waals surface area contributed by atoms with Gasteiger partial charge in [-0.2, -0.15) is 0 Å². The summed E-state index contributed by atoms with van der Waals surface area (Å²) in [6, 6.07) is 0. The highest BCUT2D eigenvalue weighted by Gasteiger charge is 2.15. The van der Waals surface area contributed by atoms with Gasteiger partial charge in [-0.05, 0) is 18.8 Å². The molecule has 1 fully saturated rings. The van der Waals surface area contributed by atoms with Gasteiger partial charge in [-0.1, -0.05) is 25.7 Å². The van der Waals surface area contributed by atoms with E-state index in [0.717, 1.165) is 12.8 Å². The zero-order valence-electron chi connectivity index (χ0n) is 9.13. The second-order valence-corrected chi connectivity index (χ2v) is 4.30. The average Bonchev–Trinajstić information content (AvgIpc) is 2.43. The molecule has 0 radical (unpaired) electrons. The molecule has 86 valence electrons. The fourth-order valence-corrected chi connectivity index (χ4v) is 2.09. The van der Waals surface area contributed by atoms with Gasteiger partial charge in [-0.3, -0.25) is 9.59 Å². The average molecular weight is 212 g/mol. The molecule has 0 heterocycles. The number of nitrogens with one attached hydrogen (secondary N) is 1. The van der Waals surface area contributed by atoms with Gasteiger partial charge in [-0.15, -0.1) is 0 Å². The van der Waals surface area contributed by atoms with Crippen LogP contribution < -0.4 is 11.1 Å². The summed E-state index contributed by atoms with van der Waals surface area (Å²) >= 11 is 0. The first-order valence-electron chi connectivity index (χ1n) is 5.73. The Hall–Kier alpha value is -1.06. The van der Waals surface area contributed by atoms with Crippen molar-refractivity contribution in [2.24, 2.45) is 11.7 Å². The maximum Gasteiger partial charge on any atom is 0.236 e. The van der Waals surface area contributed by atoms with Crippen molar-refractivity contribution in [2.75, 3.05) is 6.54 Å². The van der Waals surface area contributed by atoms with Crippen LogP contribution in [0.1, 0.15) is 44.9 Å². The number of carbonyl (C=O) groups excluding carboxylic acids is 2. The number of nitrogens with two attached hydrogens (primary N) is 1. The van der Waals surface area contributed by atoms with E-state index in [1.165, 1.54) is 25.7 Å². The summed E-state index contributed by atoms with van der Waals surface area (Å²) in [6.07, 6.45) is 7.88. The Balaban J connectivity index is 2.20. The molecule has 4 heteroatoms. The molecule has 15 heavy (non-hydrogen) atoms. The van der Waals surface area contributed by atoms with Crippen LogP contribution in [0.3, 0.4) is 0 Å². The zero-order chi connectivity index (χ0) is 11.1. The fraction of sp³-hybridized carbons (Fsp3) is 0.818. The smallest absolute Gasteiger partial charge is 0.236 e. The van der Waals surface area contributed by atoms with Gasteiger partial charge in [0.05, 0.1) is 6.54 Å². The topological polar surface area (TPSA) is 72.2 Å². The number of primary amides is 1. The minimum absolute atomic E-state index is 0.0362. The number of rotatable bonds is 4. The van der Waals surface area contributed by atoms with Crippen molar-refractivity contribution in [3.8, 4) is 0 Å². The van der Waals surface area contributed by atoms with E-state index in [4.69, 9.17) is 5.73 Å². The lowest BCUT2D eigenvalue weighted by atomic mass is 9.96. The van der Waals surface area contributed by atoms with Crippen molar-refractivity contribution in [1.82, 2.24) is 5.32 Å². The third-order valence-electron chi connectivity index (χ3n) is 2.91. The number of hydrogen-bond donors (Lipinski definition) is 2. The highest BCUT2D eigenvalue weighted by Crippen LogP contribution is 2.25. The van der Waals surface area contributed by atoms with E-state index in [2.05, 4.69) is 5.32 Å². The Morgan fingerprint density at radius 2 is 1.73 bits per heavy atom. The molecule has 1 aliphatic rings. The zero-order valence-corrected chi connectivity index (χ0v) is 9.13. The van der Waals surface area contributed by atoms with Crippen LogP contribution in [0.2, 0.25) is 0 Å². The third kappa shape index (κ3) is 5.40. The molecular formula is C11H20N2O2. The van der Waals surface area contributed by atoms with E-state index >= 15 is 0 Å². The van der Waals surface area contributed by atoms with Crippen molar-refractivity contribution in [1.29, 1.82) is 0 Å². The Kier molecular flexibility index (Phi) is 5.15. The predicted molar refractivity (Wildman–Crippen MR) is 58.0 cm³/mol. The minimum atomic E-state index is -0.482. The predicted octanol–water partition coefficient (Wildman–Crippen LogP) is 0.948. The Morgan fingerprint density at radius 3 is 2.27 bits per heavy atom. The van der Waals surface area contributed by atoms with Crippen LogP contribution in [-0.4, -0.2) is 18.4 Å². The molecule has 3 N–H and O–H groups in total. The molecule has 0 unspecified atom stereocenters. The molecule has 1 rings (SSSR count). The molecular weight excluding hydrogens is 192 g/mol. The van der Waals surface area contributed by atoms with Crippen LogP contribution in [0.5, 0.6) is 0 Å². The molecule has 1 aliphatic carbocycles. The summed E-state index contributed by atoms with van der Waals surface area (Å²) < 4.78 is 0. The van der Waals surface area contributed by atoms with E-state index in [-0.39, 0.29) is 12.5 Å². The number of amides is 2. The molecule has 4 nitrogen and oxygen atoms in total. The van der Waals surface area contributed by atoms with Crippen molar-refractivity contribution < 1.29 is 9.59 Å². The largest absolute Gasteiger partial charge is 0.368 e. The van der Waals surface area contributed by atoms with Crippen LogP contribution >= 0.6 is 0 Å². The highest BCUT2D eigenvalue weighted by atomic mass is 16.2. The van der Waals surface area contributed by atoms with Gasteiger partial charge in [0.2, 0.25) is 11.8 Å². The van der Waals surface area contributed by atoms with E-state index < -0.39 is 5.91 Å². The first kappa shape index (κ1) is 12.0. The Bertz CT molecular complexity index is 221. The van der Waals surface area contributed by atoms with Crippen molar-refractivity contribution in [3.63, 3.8) is 0 Å². The van der Waals surface area contributed by atoms with Gasteiger partial charge in [0, 0.05) is 6.42 Å². The van der Waals surface area contributed by atoms with Crippen LogP contribution in [0.25, 0.3) is 0 Å². The fourth-order valence-electron chi connectivity index (χ4n) is 2.09. The molecule has 1 saturated carbocycles. The van der Waals surface area contributed by atoms with Gasteiger partial charge in [-0.25, -0.2) is 0 Å². The molecule has 0 aromatic rings. The maximum atomic E-state index is 11.4. The van der Waals surface area contributed by atoms with Gasteiger partial charge >= 0.3 is 0 Å². The lowest BCUT2D eigenvalue weighted by Gasteiger charge is -2.12. The van der Waals surface area contributed by atoms with Crippen molar-refractivity contribution in [2.45, 2.75) is 44.9 Å². The second kappa shape index (κ2) is 6.43. The lowest BCUT2D eigenvalue weighted by molar-refractivity contribution is -0.125. The summed E-state index contributed by atoms with van der Waals surface area (Å²) in [7, 11) is 0. The molecule has 0 atom stereocenters.